The molecule has 1 unspecified atom stereocenters. The topological polar surface area (TPSA) is 77.7 Å². The molecule has 2 aliphatic heterocycles. The van der Waals surface area contributed by atoms with E-state index in [1.54, 1.807) is 18.5 Å². The lowest BCUT2D eigenvalue weighted by molar-refractivity contribution is 0.0724. The van der Waals surface area contributed by atoms with Crippen molar-refractivity contribution in [1.82, 2.24) is 15.0 Å². The SMILES string of the molecule is O=C(c1cc(-c2cccnc2)on1)N1CCCC1c1ccc2c(c1)OCCO2. The van der Waals surface area contributed by atoms with E-state index >= 15 is 0 Å². The Morgan fingerprint density at radius 2 is 2.00 bits per heavy atom. The summed E-state index contributed by atoms with van der Waals surface area (Å²) in [5, 5.41) is 4.00. The number of benzene rings is 1. The van der Waals surface area contributed by atoms with E-state index in [0.717, 1.165) is 35.5 Å². The first-order valence-electron chi connectivity index (χ1n) is 9.37. The van der Waals surface area contributed by atoms with Crippen LogP contribution in [0.5, 0.6) is 11.5 Å². The number of pyridine rings is 1. The first-order chi connectivity index (χ1) is 13.8. The minimum Gasteiger partial charge on any atom is -0.486 e. The van der Waals surface area contributed by atoms with E-state index in [9.17, 15) is 4.79 Å². The number of hydrogen-bond acceptors (Lipinski definition) is 6. The third-order valence-electron chi connectivity index (χ3n) is 5.14. The van der Waals surface area contributed by atoms with Gasteiger partial charge in [0, 0.05) is 30.6 Å². The average Bonchev–Trinajstić information content (AvgIpc) is 3.44. The number of hydrogen-bond donors (Lipinski definition) is 0. The molecule has 0 radical (unpaired) electrons. The van der Waals surface area contributed by atoms with Crippen molar-refractivity contribution in [2.75, 3.05) is 19.8 Å². The Hall–Kier alpha value is -3.35. The average molecular weight is 377 g/mol. The molecule has 2 aromatic heterocycles. The smallest absolute Gasteiger partial charge is 0.276 e. The molecule has 7 nitrogen and oxygen atoms in total. The van der Waals surface area contributed by atoms with Gasteiger partial charge in [0.2, 0.25) is 0 Å². The van der Waals surface area contributed by atoms with E-state index in [1.165, 1.54) is 0 Å². The highest BCUT2D eigenvalue weighted by molar-refractivity contribution is 5.93. The Balaban J connectivity index is 1.40. The van der Waals surface area contributed by atoms with Crippen molar-refractivity contribution in [2.24, 2.45) is 0 Å². The van der Waals surface area contributed by atoms with Gasteiger partial charge in [-0.25, -0.2) is 0 Å². The van der Waals surface area contributed by atoms with Gasteiger partial charge in [0.05, 0.1) is 6.04 Å². The highest BCUT2D eigenvalue weighted by Crippen LogP contribution is 2.38. The molecule has 0 bridgehead atoms. The van der Waals surface area contributed by atoms with Crippen LogP contribution >= 0.6 is 0 Å². The largest absolute Gasteiger partial charge is 0.486 e. The maximum atomic E-state index is 13.1. The molecule has 1 saturated heterocycles. The predicted molar refractivity (Wildman–Crippen MR) is 100 cm³/mol. The van der Waals surface area contributed by atoms with Crippen LogP contribution in [0.15, 0.2) is 53.3 Å². The van der Waals surface area contributed by atoms with Crippen molar-refractivity contribution >= 4 is 5.91 Å². The van der Waals surface area contributed by atoms with E-state index in [-0.39, 0.29) is 11.9 Å². The summed E-state index contributed by atoms with van der Waals surface area (Å²) in [7, 11) is 0. The molecule has 0 aliphatic carbocycles. The van der Waals surface area contributed by atoms with Gasteiger partial charge in [0.25, 0.3) is 5.91 Å². The van der Waals surface area contributed by atoms with Crippen LogP contribution in [0.3, 0.4) is 0 Å². The van der Waals surface area contributed by atoms with Crippen molar-refractivity contribution in [3.8, 4) is 22.8 Å². The molecule has 0 N–H and O–H groups in total. The minimum atomic E-state index is -0.128. The van der Waals surface area contributed by atoms with Crippen molar-refractivity contribution in [3.05, 3.63) is 60.0 Å². The van der Waals surface area contributed by atoms with E-state index in [4.69, 9.17) is 14.0 Å². The van der Waals surface area contributed by atoms with Crippen molar-refractivity contribution in [1.29, 1.82) is 0 Å². The molecule has 3 aromatic rings. The molecule has 1 aromatic carbocycles. The second-order valence-electron chi connectivity index (χ2n) is 6.88. The van der Waals surface area contributed by atoms with Gasteiger partial charge < -0.3 is 18.9 Å². The summed E-state index contributed by atoms with van der Waals surface area (Å²) < 4.78 is 16.7. The van der Waals surface area contributed by atoms with Gasteiger partial charge in [-0.3, -0.25) is 9.78 Å². The third-order valence-corrected chi connectivity index (χ3v) is 5.14. The summed E-state index contributed by atoms with van der Waals surface area (Å²) in [4.78, 5) is 19.0. The standard InChI is InChI=1S/C21H19N3O4/c25-21(16-12-19(28-23-16)15-3-1-7-22-13-15)24-8-2-4-17(24)14-5-6-18-20(11-14)27-10-9-26-18/h1,3,5-7,11-13,17H,2,4,8-10H2. The van der Waals surface area contributed by atoms with Crippen LogP contribution in [0.1, 0.15) is 34.9 Å². The van der Waals surface area contributed by atoms with E-state index in [1.807, 2.05) is 35.2 Å². The van der Waals surface area contributed by atoms with Gasteiger partial charge in [-0.15, -0.1) is 0 Å². The molecule has 5 rings (SSSR count). The van der Waals surface area contributed by atoms with E-state index in [2.05, 4.69) is 10.1 Å². The Kier molecular flexibility index (Phi) is 4.20. The van der Waals surface area contributed by atoms with E-state index in [0.29, 0.717) is 31.2 Å². The molecule has 142 valence electrons. The van der Waals surface area contributed by atoms with Crippen LogP contribution in [0.4, 0.5) is 0 Å². The molecule has 28 heavy (non-hydrogen) atoms. The zero-order valence-corrected chi connectivity index (χ0v) is 15.2. The number of carbonyl (C=O) groups is 1. The number of rotatable bonds is 3. The number of aromatic nitrogens is 2. The number of ether oxygens (including phenoxy) is 2. The first-order valence-corrected chi connectivity index (χ1v) is 9.37. The quantitative estimate of drug-likeness (QED) is 0.695. The summed E-state index contributed by atoms with van der Waals surface area (Å²) in [6.45, 7) is 1.79. The Morgan fingerprint density at radius 1 is 1.11 bits per heavy atom. The highest BCUT2D eigenvalue weighted by atomic mass is 16.6. The van der Waals surface area contributed by atoms with Gasteiger partial charge in [-0.1, -0.05) is 11.2 Å². The van der Waals surface area contributed by atoms with Gasteiger partial charge >= 0.3 is 0 Å². The normalized spacial score (nSPS) is 18.3. The van der Waals surface area contributed by atoms with Crippen LogP contribution in [0.2, 0.25) is 0 Å². The van der Waals surface area contributed by atoms with Crippen LogP contribution < -0.4 is 9.47 Å². The summed E-state index contributed by atoms with van der Waals surface area (Å²) in [5.74, 6) is 1.90. The van der Waals surface area contributed by atoms with Crippen LogP contribution in [0.25, 0.3) is 11.3 Å². The lowest BCUT2D eigenvalue weighted by atomic mass is 10.0. The van der Waals surface area contributed by atoms with E-state index < -0.39 is 0 Å². The zero-order chi connectivity index (χ0) is 18.9. The second kappa shape index (κ2) is 6.99. The van der Waals surface area contributed by atoms with Gasteiger partial charge in [-0.2, -0.15) is 0 Å². The number of amides is 1. The van der Waals surface area contributed by atoms with Crippen molar-refractivity contribution in [2.45, 2.75) is 18.9 Å². The maximum absolute atomic E-state index is 13.1. The third kappa shape index (κ3) is 2.98. The molecular formula is C21H19N3O4. The molecule has 1 amide bonds. The summed E-state index contributed by atoms with van der Waals surface area (Å²) in [6.07, 6.45) is 5.22. The second-order valence-corrected chi connectivity index (χ2v) is 6.88. The fraction of sp³-hybridized carbons (Fsp3) is 0.286. The summed E-state index contributed by atoms with van der Waals surface area (Å²) >= 11 is 0. The molecular weight excluding hydrogens is 358 g/mol. The number of likely N-dealkylation sites (tertiary alicyclic amines) is 1. The molecule has 1 atom stereocenters. The number of fused-ring (bicyclic) bond motifs is 1. The monoisotopic (exact) mass is 377 g/mol. The van der Waals surface area contributed by atoms with Gasteiger partial charge in [0.1, 0.15) is 13.2 Å². The van der Waals surface area contributed by atoms with Crippen molar-refractivity contribution in [3.63, 3.8) is 0 Å². The van der Waals surface area contributed by atoms with Crippen LogP contribution in [-0.2, 0) is 0 Å². The lowest BCUT2D eigenvalue weighted by Crippen LogP contribution is -2.30. The molecule has 7 heteroatoms. The van der Waals surface area contributed by atoms with Crippen LogP contribution in [-0.4, -0.2) is 40.7 Å². The van der Waals surface area contributed by atoms with Crippen molar-refractivity contribution < 1.29 is 18.8 Å². The molecule has 1 fully saturated rings. The fourth-order valence-electron chi connectivity index (χ4n) is 3.79. The molecule has 2 aliphatic rings. The molecule has 4 heterocycles. The number of carbonyl (C=O) groups excluding carboxylic acids is 1. The maximum Gasteiger partial charge on any atom is 0.276 e. The minimum absolute atomic E-state index is 0.0122. The highest BCUT2D eigenvalue weighted by Gasteiger charge is 2.33. The number of nitrogens with zero attached hydrogens (tertiary/aromatic N) is 3. The summed E-state index contributed by atoms with van der Waals surface area (Å²) in [6, 6.07) is 11.3. The molecule has 0 saturated carbocycles. The summed E-state index contributed by atoms with van der Waals surface area (Å²) in [5.41, 5.74) is 2.15. The Morgan fingerprint density at radius 3 is 2.86 bits per heavy atom. The lowest BCUT2D eigenvalue weighted by Gasteiger charge is -2.26. The Labute approximate surface area is 161 Å². The predicted octanol–water partition coefficient (Wildman–Crippen LogP) is 3.49. The Bertz CT molecular complexity index is 1000. The van der Waals surface area contributed by atoms with Gasteiger partial charge in [0.15, 0.2) is 23.0 Å². The fourth-order valence-corrected chi connectivity index (χ4v) is 3.79. The van der Waals surface area contributed by atoms with Gasteiger partial charge in [-0.05, 0) is 42.7 Å². The first kappa shape index (κ1) is 16.8. The molecule has 0 spiro atoms. The zero-order valence-electron chi connectivity index (χ0n) is 15.2. The van der Waals surface area contributed by atoms with Crippen LogP contribution in [0, 0.1) is 0 Å².